The van der Waals surface area contributed by atoms with Gasteiger partial charge in [0.15, 0.2) is 0 Å². The second-order valence-corrected chi connectivity index (χ2v) is 3.20. The van der Waals surface area contributed by atoms with E-state index in [4.69, 9.17) is 4.89 Å². The zero-order chi connectivity index (χ0) is 6.69. The SMILES string of the molecule is OPc1ccc(P)cc1. The molecule has 2 unspecified atom stereocenters. The highest BCUT2D eigenvalue weighted by atomic mass is 31.1. The lowest BCUT2D eigenvalue weighted by Gasteiger charge is -1.93. The molecule has 1 aromatic rings. The van der Waals surface area contributed by atoms with E-state index < -0.39 is 0 Å². The largest absolute Gasteiger partial charge is 0.372 e. The smallest absolute Gasteiger partial charge is 0.0420 e. The quantitative estimate of drug-likeness (QED) is 0.586. The van der Waals surface area contributed by atoms with E-state index in [0.29, 0.717) is 0 Å². The van der Waals surface area contributed by atoms with E-state index in [2.05, 4.69) is 9.24 Å². The molecule has 0 aliphatic carbocycles. The second kappa shape index (κ2) is 3.27. The summed E-state index contributed by atoms with van der Waals surface area (Å²) in [6, 6.07) is 7.76. The summed E-state index contributed by atoms with van der Waals surface area (Å²) in [6.45, 7) is 0. The number of benzene rings is 1. The van der Waals surface area contributed by atoms with Crippen molar-refractivity contribution in [1.29, 1.82) is 0 Å². The van der Waals surface area contributed by atoms with Gasteiger partial charge in [-0.3, -0.25) is 0 Å². The van der Waals surface area contributed by atoms with E-state index in [1.54, 1.807) is 0 Å². The van der Waals surface area contributed by atoms with Crippen molar-refractivity contribution < 1.29 is 4.89 Å². The molecule has 0 radical (unpaired) electrons. The Labute approximate surface area is 58.6 Å². The molecule has 0 fully saturated rings. The Bertz CT molecular complexity index is 183. The van der Waals surface area contributed by atoms with E-state index in [1.165, 1.54) is 0 Å². The lowest BCUT2D eigenvalue weighted by Crippen LogP contribution is -1.97. The van der Waals surface area contributed by atoms with Gasteiger partial charge in [-0.1, -0.05) is 24.3 Å². The van der Waals surface area contributed by atoms with E-state index in [1.807, 2.05) is 24.3 Å². The second-order valence-electron chi connectivity index (χ2n) is 1.73. The first-order chi connectivity index (χ1) is 4.33. The van der Waals surface area contributed by atoms with Crippen LogP contribution in [0.1, 0.15) is 0 Å². The molecule has 1 N–H and O–H groups in total. The Balaban J connectivity index is 2.88. The zero-order valence-corrected chi connectivity index (χ0v) is 6.99. The van der Waals surface area contributed by atoms with Gasteiger partial charge in [0.2, 0.25) is 0 Å². The van der Waals surface area contributed by atoms with Gasteiger partial charge in [-0.2, -0.15) is 0 Å². The molecule has 1 nitrogen and oxygen atoms in total. The van der Waals surface area contributed by atoms with Crippen LogP contribution < -0.4 is 10.6 Å². The van der Waals surface area contributed by atoms with Crippen molar-refractivity contribution in [3.05, 3.63) is 24.3 Å². The molecule has 48 valence electrons. The molecule has 0 spiro atoms. The highest BCUT2D eigenvalue weighted by Crippen LogP contribution is 2.00. The van der Waals surface area contributed by atoms with Gasteiger partial charge in [0, 0.05) is 8.81 Å². The van der Waals surface area contributed by atoms with Crippen molar-refractivity contribution >= 4 is 28.7 Å². The topological polar surface area (TPSA) is 20.2 Å². The van der Waals surface area contributed by atoms with Gasteiger partial charge in [-0.15, -0.1) is 9.24 Å². The van der Waals surface area contributed by atoms with Gasteiger partial charge in [-0.25, -0.2) is 0 Å². The van der Waals surface area contributed by atoms with E-state index in [9.17, 15) is 0 Å². The molecule has 0 heterocycles. The summed E-state index contributed by atoms with van der Waals surface area (Å²) in [5.74, 6) is 0. The third-order valence-corrected chi connectivity index (χ3v) is 2.02. The van der Waals surface area contributed by atoms with Gasteiger partial charge < -0.3 is 4.89 Å². The van der Waals surface area contributed by atoms with Crippen LogP contribution in [0.5, 0.6) is 0 Å². The van der Waals surface area contributed by atoms with Crippen LogP contribution in [0.3, 0.4) is 0 Å². The first kappa shape index (κ1) is 7.15. The standard InChI is InChI=1S/C6H8OP2/c7-9-6-3-1-5(8)2-4-6/h1-4,7,9H,8H2. The summed E-state index contributed by atoms with van der Waals surface area (Å²) in [4.78, 5) is 8.65. The van der Waals surface area contributed by atoms with Crippen LogP contribution in [0, 0.1) is 0 Å². The monoisotopic (exact) mass is 158 g/mol. The first-order valence-corrected chi connectivity index (χ1v) is 4.11. The normalized spacial score (nSPS) is 10.9. The Morgan fingerprint density at radius 1 is 1.22 bits per heavy atom. The first-order valence-electron chi connectivity index (χ1n) is 2.58. The molecule has 0 bridgehead atoms. The maximum absolute atomic E-state index is 8.65. The molecule has 0 aromatic heterocycles. The molecule has 1 rings (SSSR count). The van der Waals surface area contributed by atoms with Crippen molar-refractivity contribution in [3.63, 3.8) is 0 Å². The van der Waals surface area contributed by atoms with Crippen LogP contribution in [0.25, 0.3) is 0 Å². The van der Waals surface area contributed by atoms with Crippen molar-refractivity contribution in [2.24, 2.45) is 0 Å². The molecule has 3 heteroatoms. The lowest BCUT2D eigenvalue weighted by molar-refractivity contribution is 0.655. The van der Waals surface area contributed by atoms with Gasteiger partial charge in [0.1, 0.15) is 0 Å². The average Bonchev–Trinajstić information content (AvgIpc) is 1.90. The van der Waals surface area contributed by atoms with Crippen LogP contribution in [0.15, 0.2) is 24.3 Å². The summed E-state index contributed by atoms with van der Waals surface area (Å²) in [6.07, 6.45) is 0. The fourth-order valence-electron chi connectivity index (χ4n) is 0.558. The predicted molar refractivity (Wildman–Crippen MR) is 46.0 cm³/mol. The summed E-state index contributed by atoms with van der Waals surface area (Å²) in [5, 5.41) is 2.14. The molecular formula is C6H8OP2. The van der Waals surface area contributed by atoms with Crippen molar-refractivity contribution in [2.45, 2.75) is 0 Å². The van der Waals surface area contributed by atoms with Gasteiger partial charge in [-0.05, 0) is 10.6 Å². The van der Waals surface area contributed by atoms with E-state index in [-0.39, 0.29) is 8.81 Å². The van der Waals surface area contributed by atoms with Crippen LogP contribution >= 0.6 is 18.0 Å². The van der Waals surface area contributed by atoms with Crippen molar-refractivity contribution in [1.82, 2.24) is 0 Å². The minimum absolute atomic E-state index is 0.0829. The molecule has 0 saturated heterocycles. The minimum Gasteiger partial charge on any atom is -0.372 e. The molecule has 9 heavy (non-hydrogen) atoms. The summed E-state index contributed by atoms with van der Waals surface area (Å²) < 4.78 is 0. The van der Waals surface area contributed by atoms with Gasteiger partial charge >= 0.3 is 0 Å². The average molecular weight is 158 g/mol. The van der Waals surface area contributed by atoms with Crippen LogP contribution in [-0.2, 0) is 0 Å². The number of hydrogen-bond donors (Lipinski definition) is 1. The fraction of sp³-hybridized carbons (Fsp3) is 0. The summed E-state index contributed by atoms with van der Waals surface area (Å²) in [7, 11) is 2.51. The van der Waals surface area contributed by atoms with E-state index >= 15 is 0 Å². The predicted octanol–water partition coefficient (Wildman–Crippen LogP) is 0.398. The number of hydrogen-bond acceptors (Lipinski definition) is 1. The van der Waals surface area contributed by atoms with Crippen LogP contribution in [0.2, 0.25) is 0 Å². The fourth-order valence-corrected chi connectivity index (χ4v) is 1.07. The Morgan fingerprint density at radius 2 is 1.78 bits per heavy atom. The molecule has 0 saturated carbocycles. The highest BCUT2D eigenvalue weighted by molar-refractivity contribution is 7.40. The zero-order valence-electron chi connectivity index (χ0n) is 4.83. The maximum atomic E-state index is 8.65. The highest BCUT2D eigenvalue weighted by Gasteiger charge is 1.86. The lowest BCUT2D eigenvalue weighted by atomic mass is 10.4. The van der Waals surface area contributed by atoms with Crippen LogP contribution in [-0.4, -0.2) is 4.89 Å². The van der Waals surface area contributed by atoms with Crippen LogP contribution in [0.4, 0.5) is 0 Å². The number of rotatable bonds is 1. The molecule has 0 aliphatic rings. The van der Waals surface area contributed by atoms with Gasteiger partial charge in [0.25, 0.3) is 0 Å². The molecule has 0 aliphatic heterocycles. The minimum atomic E-state index is -0.0829. The maximum Gasteiger partial charge on any atom is 0.0420 e. The molecular weight excluding hydrogens is 150 g/mol. The Morgan fingerprint density at radius 3 is 2.22 bits per heavy atom. The molecule has 1 aromatic carbocycles. The molecule has 2 atom stereocenters. The summed E-state index contributed by atoms with van der Waals surface area (Å²) >= 11 is 0. The third kappa shape index (κ3) is 2.02. The van der Waals surface area contributed by atoms with Crippen molar-refractivity contribution in [3.8, 4) is 0 Å². The Hall–Kier alpha value is 0.0400. The summed E-state index contributed by atoms with van der Waals surface area (Å²) in [5.41, 5.74) is 0. The van der Waals surface area contributed by atoms with Crippen molar-refractivity contribution in [2.75, 3.05) is 0 Å². The Kier molecular flexibility index (Phi) is 2.60. The van der Waals surface area contributed by atoms with E-state index in [0.717, 1.165) is 10.6 Å². The third-order valence-electron chi connectivity index (χ3n) is 1.04. The van der Waals surface area contributed by atoms with Gasteiger partial charge in [0.05, 0.1) is 0 Å². The molecule has 0 amide bonds.